The molecule has 0 unspecified atom stereocenters. The highest BCUT2D eigenvalue weighted by atomic mass is 79.9. The van der Waals surface area contributed by atoms with Crippen LogP contribution in [0.2, 0.25) is 0 Å². The van der Waals surface area contributed by atoms with Crippen molar-refractivity contribution in [1.82, 2.24) is 14.9 Å². The van der Waals surface area contributed by atoms with Gasteiger partial charge in [-0.2, -0.15) is 0 Å². The first-order chi connectivity index (χ1) is 10.6. The number of carbonyl (C=O) groups excluding carboxylic acids is 1. The number of hydrogen-bond acceptors (Lipinski definition) is 4. The minimum absolute atomic E-state index is 0.124. The quantitative estimate of drug-likeness (QED) is 0.772. The maximum Gasteiger partial charge on any atom is 0.287 e. The molecule has 6 nitrogen and oxygen atoms in total. The molecule has 0 saturated heterocycles. The number of amides is 1. The Morgan fingerprint density at radius 3 is 2.86 bits per heavy atom. The maximum absolute atomic E-state index is 12.3. The van der Waals surface area contributed by atoms with Gasteiger partial charge in [-0.05, 0) is 40.2 Å². The summed E-state index contributed by atoms with van der Waals surface area (Å²) in [6, 6.07) is 10.4. The van der Waals surface area contributed by atoms with Crippen LogP contribution in [-0.2, 0) is 6.54 Å². The fourth-order valence-corrected chi connectivity index (χ4v) is 2.39. The molecule has 3 rings (SSSR count). The minimum Gasteiger partial charge on any atom is -0.444 e. The van der Waals surface area contributed by atoms with Gasteiger partial charge in [-0.3, -0.25) is 14.2 Å². The Morgan fingerprint density at radius 1 is 1.27 bits per heavy atom. The third-order valence-electron chi connectivity index (χ3n) is 3.17. The monoisotopic (exact) mass is 361 g/mol. The van der Waals surface area contributed by atoms with Crippen LogP contribution in [0.25, 0.3) is 10.9 Å². The lowest BCUT2D eigenvalue weighted by Gasteiger charge is -2.07. The van der Waals surface area contributed by atoms with Gasteiger partial charge in [0.25, 0.3) is 11.5 Å². The number of hydrogen-bond donors (Lipinski definition) is 1. The van der Waals surface area contributed by atoms with Gasteiger partial charge in [0.05, 0.1) is 17.2 Å². The van der Waals surface area contributed by atoms with E-state index in [1.807, 2.05) is 6.07 Å². The summed E-state index contributed by atoms with van der Waals surface area (Å²) in [5.41, 5.74) is 0.536. The summed E-state index contributed by atoms with van der Waals surface area (Å²) in [5.74, 6) is -0.108. The molecule has 22 heavy (non-hydrogen) atoms. The number of rotatable bonds is 4. The molecule has 1 N–H and O–H groups in total. The average Bonchev–Trinajstić information content (AvgIpc) is 2.96. The van der Waals surface area contributed by atoms with Crippen molar-refractivity contribution in [2.24, 2.45) is 0 Å². The van der Waals surface area contributed by atoms with Gasteiger partial charge in [0.1, 0.15) is 0 Å². The van der Waals surface area contributed by atoms with Crippen LogP contribution in [-0.4, -0.2) is 22.0 Å². The first-order valence-electron chi connectivity index (χ1n) is 6.63. The zero-order valence-electron chi connectivity index (χ0n) is 11.5. The SMILES string of the molecule is O=C(NCCn1cnc2ccccc2c1=O)c1ccc(Br)o1. The Labute approximate surface area is 133 Å². The molecule has 0 fully saturated rings. The number of carbonyl (C=O) groups is 1. The van der Waals surface area contributed by atoms with Crippen molar-refractivity contribution < 1.29 is 9.21 Å². The lowest BCUT2D eigenvalue weighted by atomic mass is 10.2. The summed E-state index contributed by atoms with van der Waals surface area (Å²) >= 11 is 3.14. The summed E-state index contributed by atoms with van der Waals surface area (Å²) in [6.07, 6.45) is 1.49. The summed E-state index contributed by atoms with van der Waals surface area (Å²) in [7, 11) is 0. The Bertz CT molecular complexity index is 885. The molecule has 0 radical (unpaired) electrons. The van der Waals surface area contributed by atoms with E-state index in [4.69, 9.17) is 4.42 Å². The number of nitrogens with one attached hydrogen (secondary N) is 1. The molecule has 0 aliphatic rings. The standard InChI is InChI=1S/C15H12BrN3O3/c16-13-6-5-12(22-13)14(20)17-7-8-19-9-18-11-4-2-1-3-10(11)15(19)21/h1-6,9H,7-8H2,(H,17,20). The van der Waals surface area contributed by atoms with Crippen LogP contribution in [0, 0.1) is 0 Å². The van der Waals surface area contributed by atoms with E-state index in [0.29, 0.717) is 28.7 Å². The van der Waals surface area contributed by atoms with Crippen molar-refractivity contribution in [1.29, 1.82) is 0 Å². The molecule has 0 atom stereocenters. The second-order valence-corrected chi connectivity index (χ2v) is 5.40. The first-order valence-corrected chi connectivity index (χ1v) is 7.42. The molecule has 0 aliphatic heterocycles. The highest BCUT2D eigenvalue weighted by Crippen LogP contribution is 2.13. The largest absolute Gasteiger partial charge is 0.444 e. The first kappa shape index (κ1) is 14.5. The lowest BCUT2D eigenvalue weighted by Crippen LogP contribution is -2.30. The van der Waals surface area contributed by atoms with Crippen LogP contribution in [0.15, 0.2) is 56.6 Å². The van der Waals surface area contributed by atoms with Crippen LogP contribution in [0.1, 0.15) is 10.6 Å². The summed E-state index contributed by atoms with van der Waals surface area (Å²) in [6.45, 7) is 0.640. The highest BCUT2D eigenvalue weighted by Gasteiger charge is 2.10. The van der Waals surface area contributed by atoms with E-state index in [0.717, 1.165) is 0 Å². The summed E-state index contributed by atoms with van der Waals surface area (Å²) in [5, 5.41) is 3.26. The minimum atomic E-state index is -0.326. The predicted molar refractivity (Wildman–Crippen MR) is 84.7 cm³/mol. The molecule has 1 aromatic carbocycles. The van der Waals surface area contributed by atoms with Crippen molar-refractivity contribution >= 4 is 32.7 Å². The van der Waals surface area contributed by atoms with Crippen LogP contribution in [0.3, 0.4) is 0 Å². The van der Waals surface area contributed by atoms with Crippen molar-refractivity contribution in [2.75, 3.05) is 6.54 Å². The van der Waals surface area contributed by atoms with Gasteiger partial charge < -0.3 is 9.73 Å². The Hall–Kier alpha value is -2.41. The van der Waals surface area contributed by atoms with E-state index in [1.165, 1.54) is 10.9 Å². The number of aromatic nitrogens is 2. The molecule has 3 aromatic rings. The van der Waals surface area contributed by atoms with E-state index < -0.39 is 0 Å². The number of fused-ring (bicyclic) bond motifs is 1. The predicted octanol–water partition coefficient (Wildman–Crippen LogP) is 2.18. The normalized spacial score (nSPS) is 10.8. The Balaban J connectivity index is 1.68. The third kappa shape index (κ3) is 2.94. The molecule has 0 bridgehead atoms. The summed E-state index contributed by atoms with van der Waals surface area (Å²) in [4.78, 5) is 28.3. The smallest absolute Gasteiger partial charge is 0.287 e. The molecule has 2 aromatic heterocycles. The molecular formula is C15H12BrN3O3. The lowest BCUT2D eigenvalue weighted by molar-refractivity contribution is 0.0923. The van der Waals surface area contributed by atoms with Gasteiger partial charge in [-0.25, -0.2) is 4.98 Å². The molecule has 112 valence electrons. The fourth-order valence-electron chi connectivity index (χ4n) is 2.08. The molecule has 7 heteroatoms. The molecular weight excluding hydrogens is 350 g/mol. The van der Waals surface area contributed by atoms with Gasteiger partial charge in [0.2, 0.25) is 0 Å². The van der Waals surface area contributed by atoms with Gasteiger partial charge in [-0.1, -0.05) is 12.1 Å². The second kappa shape index (κ2) is 6.15. The van der Waals surface area contributed by atoms with Crippen LogP contribution in [0.5, 0.6) is 0 Å². The molecule has 0 saturated carbocycles. The number of benzene rings is 1. The van der Waals surface area contributed by atoms with Gasteiger partial charge in [-0.15, -0.1) is 0 Å². The van der Waals surface area contributed by atoms with Crippen molar-refractivity contribution in [3.63, 3.8) is 0 Å². The zero-order valence-corrected chi connectivity index (χ0v) is 13.0. The third-order valence-corrected chi connectivity index (χ3v) is 3.59. The summed E-state index contributed by atoms with van der Waals surface area (Å²) < 4.78 is 7.12. The fraction of sp³-hybridized carbons (Fsp3) is 0.133. The van der Waals surface area contributed by atoms with E-state index >= 15 is 0 Å². The topological polar surface area (TPSA) is 77.1 Å². The van der Waals surface area contributed by atoms with Crippen molar-refractivity contribution in [3.8, 4) is 0 Å². The van der Waals surface area contributed by atoms with Crippen molar-refractivity contribution in [3.05, 3.63) is 63.5 Å². The Morgan fingerprint density at radius 2 is 2.09 bits per heavy atom. The maximum atomic E-state index is 12.3. The van der Waals surface area contributed by atoms with Crippen LogP contribution < -0.4 is 10.9 Å². The molecule has 0 aliphatic carbocycles. The van der Waals surface area contributed by atoms with E-state index in [-0.39, 0.29) is 17.2 Å². The number of para-hydroxylation sites is 1. The zero-order chi connectivity index (χ0) is 15.5. The van der Waals surface area contributed by atoms with Gasteiger partial charge in [0.15, 0.2) is 10.4 Å². The highest BCUT2D eigenvalue weighted by molar-refractivity contribution is 9.10. The average molecular weight is 362 g/mol. The number of nitrogens with zero attached hydrogens (tertiary/aromatic N) is 2. The van der Waals surface area contributed by atoms with Crippen molar-refractivity contribution in [2.45, 2.75) is 6.54 Å². The van der Waals surface area contributed by atoms with Gasteiger partial charge in [0, 0.05) is 13.1 Å². The number of furan rings is 1. The van der Waals surface area contributed by atoms with E-state index in [9.17, 15) is 9.59 Å². The second-order valence-electron chi connectivity index (χ2n) is 4.62. The van der Waals surface area contributed by atoms with E-state index in [1.54, 1.807) is 30.3 Å². The number of halogens is 1. The van der Waals surface area contributed by atoms with Crippen LogP contribution in [0.4, 0.5) is 0 Å². The Kier molecular flexibility index (Phi) is 4.06. The van der Waals surface area contributed by atoms with E-state index in [2.05, 4.69) is 26.2 Å². The van der Waals surface area contributed by atoms with Crippen LogP contribution >= 0.6 is 15.9 Å². The van der Waals surface area contributed by atoms with Gasteiger partial charge >= 0.3 is 0 Å². The molecule has 2 heterocycles. The molecule has 1 amide bonds. The molecule has 0 spiro atoms.